The zero-order chi connectivity index (χ0) is 46.8. The second-order valence-electron chi connectivity index (χ2n) is 19.5. The predicted molar refractivity (Wildman–Crippen MR) is 280 cm³/mol. The summed E-state index contributed by atoms with van der Waals surface area (Å²) >= 11 is 2.60. The van der Waals surface area contributed by atoms with Gasteiger partial charge in [-0.05, 0) is 46.4 Å². The van der Waals surface area contributed by atoms with Crippen molar-refractivity contribution in [1.82, 2.24) is 18.7 Å². The molecule has 3 aromatic heterocycles. The standard InChI is InChI=1S/C63H52N4O.Pt/c1-42-27-33-56(65-41-66(59-26-15-14-25-58(59)65)62-51(44-19-10-6-11-20-44)23-16-24-52(62)45-21-12-7-13-22-45)55-39-48(29-31-50(42)55)68-49-30-32-53-54-37-46(43-17-8-5-9-18-43)28-34-57(54)67(60(53)40-49)61-38-47(35-36-64-61)63(2,3)4;/h5-26,28-32,34-40,42,56H,27,33H2,1-4H3;. The van der Waals surface area contributed by atoms with E-state index in [0.29, 0.717) is 5.92 Å². The van der Waals surface area contributed by atoms with Crippen molar-refractivity contribution < 1.29 is 24.1 Å². The number of fused-ring (bicyclic) bond motifs is 5. The van der Waals surface area contributed by atoms with Crippen LogP contribution in [0.15, 0.2) is 206 Å². The first-order valence-corrected chi connectivity index (χ1v) is 25.2. The van der Waals surface area contributed by atoms with Gasteiger partial charge in [0, 0.05) is 6.20 Å². The second-order valence-corrected chi connectivity index (χ2v) is 20.5. The molecule has 0 spiro atoms. The van der Waals surface area contributed by atoms with Crippen LogP contribution in [-0.2, 0) is 24.8 Å². The number of imidazole rings is 1. The third kappa shape index (κ3) is 7.61. The summed E-state index contributed by atoms with van der Waals surface area (Å²) in [6.45, 7) is 9.13. The zero-order valence-electron chi connectivity index (χ0n) is 39.2. The Hall–Kier alpha value is -7.33. The normalized spacial score (nSPS) is 14.9. The molecule has 2 atom stereocenters. The average Bonchev–Trinajstić information content (AvgIpc) is 3.86. The summed E-state index contributed by atoms with van der Waals surface area (Å²) in [5, 5.41) is 2.34. The molecule has 11 aromatic rings. The minimum atomic E-state index is -0.0317. The van der Waals surface area contributed by atoms with Crippen LogP contribution in [0.4, 0.5) is 0 Å². The van der Waals surface area contributed by atoms with Crippen LogP contribution < -0.4 is 4.74 Å². The van der Waals surface area contributed by atoms with Gasteiger partial charge in [-0.1, -0.05) is 57.2 Å². The molecule has 0 fully saturated rings. The van der Waals surface area contributed by atoms with Gasteiger partial charge in [0.1, 0.15) is 0 Å². The van der Waals surface area contributed by atoms with E-state index >= 15 is 0 Å². The molecular weight excluding hydrogens is 1020 g/mol. The van der Waals surface area contributed by atoms with Gasteiger partial charge >= 0.3 is 302 Å². The summed E-state index contributed by atoms with van der Waals surface area (Å²) in [5.41, 5.74) is 16.8. The average molecular weight is 1080 g/mol. The predicted octanol–water partition coefficient (Wildman–Crippen LogP) is 16.6. The summed E-state index contributed by atoms with van der Waals surface area (Å²) in [6.07, 6.45) is 4.04. The van der Waals surface area contributed by atoms with Crippen molar-refractivity contribution in [2.45, 2.75) is 57.9 Å². The first kappa shape index (κ1) is 43.0. The number of para-hydroxylation sites is 3. The van der Waals surface area contributed by atoms with Crippen molar-refractivity contribution in [2.24, 2.45) is 0 Å². The van der Waals surface area contributed by atoms with Gasteiger partial charge in [-0.25, -0.2) is 4.98 Å². The summed E-state index contributed by atoms with van der Waals surface area (Å²) < 4.78 is 15.6. The minimum absolute atomic E-state index is 0.0317. The molecule has 0 amide bonds. The number of benzene rings is 8. The van der Waals surface area contributed by atoms with E-state index in [1.807, 2.05) is 6.20 Å². The molecule has 1 aliphatic rings. The number of hydrogen-bond donors (Lipinski definition) is 0. The molecule has 69 heavy (non-hydrogen) atoms. The van der Waals surface area contributed by atoms with Crippen LogP contribution in [0.3, 0.4) is 0 Å². The third-order valence-corrected chi connectivity index (χ3v) is 15.3. The van der Waals surface area contributed by atoms with Crippen molar-refractivity contribution in [3.05, 3.63) is 227 Å². The molecular formula is C63H52N4OPt. The Bertz CT molecular complexity index is 3730. The van der Waals surface area contributed by atoms with E-state index in [1.165, 1.54) is 72.2 Å². The molecule has 3 heterocycles. The zero-order valence-corrected chi connectivity index (χ0v) is 41.5. The van der Waals surface area contributed by atoms with Gasteiger partial charge in [0.25, 0.3) is 0 Å². The molecule has 1 aliphatic carbocycles. The van der Waals surface area contributed by atoms with E-state index in [1.54, 1.807) is 0 Å². The van der Waals surface area contributed by atoms with Crippen LogP contribution in [0.25, 0.3) is 77.7 Å². The quantitative estimate of drug-likeness (QED) is 0.152. The van der Waals surface area contributed by atoms with Crippen LogP contribution in [-0.4, -0.2) is 18.7 Å². The van der Waals surface area contributed by atoms with E-state index < -0.39 is 0 Å². The Kier molecular flexibility index (Phi) is 10.8. The number of ether oxygens (including phenoxy) is 1. The molecule has 6 heteroatoms. The van der Waals surface area contributed by atoms with Crippen LogP contribution in [0.2, 0.25) is 0 Å². The van der Waals surface area contributed by atoms with Gasteiger partial charge < -0.3 is 0 Å². The number of hydrogen-bond acceptors (Lipinski definition) is 2. The van der Waals surface area contributed by atoms with Gasteiger partial charge in [0.05, 0.1) is 0 Å². The molecule has 0 bridgehead atoms. The topological polar surface area (TPSA) is 36.9 Å². The monoisotopic (exact) mass is 1080 g/mol. The first-order valence-electron chi connectivity index (χ1n) is 24.0. The number of pyridine rings is 1. The molecule has 340 valence electrons. The maximum atomic E-state index is 7.00. The van der Waals surface area contributed by atoms with E-state index in [9.17, 15) is 0 Å². The number of nitrogens with zero attached hydrogens (tertiary/aromatic N) is 4. The molecule has 12 rings (SSSR count). The Labute approximate surface area is 414 Å². The second kappa shape index (κ2) is 17.3. The van der Waals surface area contributed by atoms with Gasteiger partial charge in [-0.15, -0.1) is 0 Å². The third-order valence-electron chi connectivity index (χ3n) is 14.2. The fourth-order valence-corrected chi connectivity index (χ4v) is 11.9. The molecule has 0 saturated carbocycles. The van der Waals surface area contributed by atoms with Gasteiger partial charge in [0.2, 0.25) is 0 Å². The Morgan fingerprint density at radius 3 is 1.84 bits per heavy atom. The Morgan fingerprint density at radius 2 is 1.14 bits per heavy atom. The van der Waals surface area contributed by atoms with Crippen molar-refractivity contribution in [1.29, 1.82) is 0 Å². The van der Waals surface area contributed by atoms with Crippen LogP contribution >= 0.6 is 0 Å². The number of rotatable bonds is 8. The van der Waals surface area contributed by atoms with Crippen molar-refractivity contribution >= 4 is 32.8 Å². The van der Waals surface area contributed by atoms with Crippen LogP contribution in [0.5, 0.6) is 11.5 Å². The Balaban J connectivity index is 0.992. The number of aromatic nitrogens is 4. The molecule has 0 N–H and O–H groups in total. The maximum absolute atomic E-state index is 7.00. The van der Waals surface area contributed by atoms with Gasteiger partial charge in [-0.3, -0.25) is 0 Å². The Morgan fingerprint density at radius 1 is 0.507 bits per heavy atom. The van der Waals surface area contributed by atoms with E-state index in [2.05, 4.69) is 261 Å². The van der Waals surface area contributed by atoms with Crippen LogP contribution in [0.1, 0.15) is 69.2 Å². The van der Waals surface area contributed by atoms with Crippen molar-refractivity contribution in [3.8, 4) is 56.4 Å². The molecule has 0 saturated heterocycles. The van der Waals surface area contributed by atoms with E-state index in [4.69, 9.17) is 9.72 Å². The summed E-state index contributed by atoms with van der Waals surface area (Å²) in [4.78, 5) is 4.99. The van der Waals surface area contributed by atoms with E-state index in [0.717, 1.165) is 50.4 Å². The summed E-state index contributed by atoms with van der Waals surface area (Å²) in [5.74, 6) is 2.93. The van der Waals surface area contributed by atoms with Gasteiger partial charge in [-0.2, -0.15) is 0 Å². The summed E-state index contributed by atoms with van der Waals surface area (Å²) in [6, 6.07) is 72.5. The summed E-state index contributed by atoms with van der Waals surface area (Å²) in [7, 11) is 0. The molecule has 2 unspecified atom stereocenters. The fourth-order valence-electron chi connectivity index (χ4n) is 10.7. The molecule has 0 radical (unpaired) electrons. The van der Waals surface area contributed by atoms with Crippen LogP contribution in [0, 0.1) is 3.80 Å². The van der Waals surface area contributed by atoms with E-state index in [-0.39, 0.29) is 11.5 Å². The van der Waals surface area contributed by atoms with Crippen molar-refractivity contribution in [2.75, 3.05) is 0 Å². The molecule has 0 aliphatic heterocycles. The SMILES string of the molecule is CC1CCC(n2[c](=[Pt])n(-c3c(-c4ccccc4)cccc3-c3ccccc3)c3ccccc32)c2cc(Oc3ccc4c5cc(-c6ccccc6)ccc5n(-c5cc(C(C)(C)C)ccn5)c4c3)ccc21. The van der Waals surface area contributed by atoms with Crippen molar-refractivity contribution in [3.63, 3.8) is 0 Å². The van der Waals surface area contributed by atoms with Gasteiger partial charge in [0.15, 0.2) is 0 Å². The molecule has 8 aromatic carbocycles. The molecule has 5 nitrogen and oxygen atoms in total. The first-order chi connectivity index (χ1) is 33.7. The fraction of sp³-hybridized carbons (Fsp3) is 0.143.